The van der Waals surface area contributed by atoms with E-state index in [1.807, 2.05) is 46.5 Å². The molecule has 0 aliphatic rings. The zero-order chi connectivity index (χ0) is 16.4. The second kappa shape index (κ2) is 6.21. The SMILES string of the molecule is O=C(Nc1nccs1)c1ccc(Cn2nnc3ccccc32)cc1. The van der Waals surface area contributed by atoms with Gasteiger partial charge in [0, 0.05) is 17.1 Å². The van der Waals surface area contributed by atoms with Gasteiger partial charge in [0.05, 0.1) is 12.1 Å². The van der Waals surface area contributed by atoms with Gasteiger partial charge in [0.25, 0.3) is 5.91 Å². The maximum Gasteiger partial charge on any atom is 0.257 e. The topological polar surface area (TPSA) is 72.7 Å². The molecule has 1 amide bonds. The molecule has 0 aliphatic carbocycles. The number of hydrogen-bond donors (Lipinski definition) is 1. The summed E-state index contributed by atoms with van der Waals surface area (Å²) in [7, 11) is 0. The molecule has 0 aliphatic heterocycles. The van der Waals surface area contributed by atoms with Crippen LogP contribution in [0.25, 0.3) is 11.0 Å². The smallest absolute Gasteiger partial charge is 0.257 e. The van der Waals surface area contributed by atoms with Gasteiger partial charge in [-0.1, -0.05) is 29.5 Å². The predicted octanol–water partition coefficient (Wildman–Crippen LogP) is 3.19. The Bertz CT molecular complexity index is 976. The van der Waals surface area contributed by atoms with Crippen LogP contribution in [0.15, 0.2) is 60.1 Å². The molecule has 1 N–H and O–H groups in total. The van der Waals surface area contributed by atoms with Crippen molar-refractivity contribution in [3.05, 3.63) is 71.2 Å². The maximum atomic E-state index is 12.1. The third-order valence-electron chi connectivity index (χ3n) is 3.62. The number of amides is 1. The Kier molecular flexibility index (Phi) is 3.76. The molecule has 0 saturated heterocycles. The number of fused-ring (bicyclic) bond motifs is 1. The summed E-state index contributed by atoms with van der Waals surface area (Å²) in [4.78, 5) is 16.2. The summed E-state index contributed by atoms with van der Waals surface area (Å²) >= 11 is 1.39. The van der Waals surface area contributed by atoms with Crippen LogP contribution in [0.4, 0.5) is 5.13 Å². The zero-order valence-corrected chi connectivity index (χ0v) is 13.4. The Balaban J connectivity index is 1.50. The van der Waals surface area contributed by atoms with Crippen LogP contribution in [0, 0.1) is 0 Å². The fourth-order valence-corrected chi connectivity index (χ4v) is 2.95. The van der Waals surface area contributed by atoms with Gasteiger partial charge in [0.1, 0.15) is 5.52 Å². The van der Waals surface area contributed by atoms with E-state index in [-0.39, 0.29) is 5.91 Å². The third kappa shape index (κ3) is 2.89. The number of carbonyl (C=O) groups is 1. The van der Waals surface area contributed by atoms with Crippen molar-refractivity contribution in [1.29, 1.82) is 0 Å². The van der Waals surface area contributed by atoms with Gasteiger partial charge in [0.2, 0.25) is 0 Å². The number of benzene rings is 2. The molecule has 7 heteroatoms. The highest BCUT2D eigenvalue weighted by atomic mass is 32.1. The number of nitrogens with one attached hydrogen (secondary N) is 1. The van der Waals surface area contributed by atoms with E-state index in [0.29, 0.717) is 17.2 Å². The van der Waals surface area contributed by atoms with Crippen LogP contribution in [0.1, 0.15) is 15.9 Å². The Labute approximate surface area is 141 Å². The highest BCUT2D eigenvalue weighted by molar-refractivity contribution is 7.13. The molecule has 0 unspecified atom stereocenters. The van der Waals surface area contributed by atoms with Gasteiger partial charge in [-0.15, -0.1) is 16.4 Å². The zero-order valence-electron chi connectivity index (χ0n) is 12.6. The fraction of sp³-hybridized carbons (Fsp3) is 0.0588. The molecule has 24 heavy (non-hydrogen) atoms. The standard InChI is InChI=1S/C17H13N5OS/c23-16(19-17-18-9-10-24-17)13-7-5-12(6-8-13)11-22-15-4-2-1-3-14(15)20-21-22/h1-10H,11H2,(H,18,19,23). The van der Waals surface area contributed by atoms with E-state index in [9.17, 15) is 4.79 Å². The van der Waals surface area contributed by atoms with Crippen molar-refractivity contribution >= 4 is 33.4 Å². The van der Waals surface area contributed by atoms with E-state index in [2.05, 4.69) is 20.6 Å². The van der Waals surface area contributed by atoms with Gasteiger partial charge < -0.3 is 0 Å². The van der Waals surface area contributed by atoms with Crippen molar-refractivity contribution in [3.63, 3.8) is 0 Å². The molecule has 6 nitrogen and oxygen atoms in total. The van der Waals surface area contributed by atoms with Crippen LogP contribution in [0.5, 0.6) is 0 Å². The maximum absolute atomic E-state index is 12.1. The third-order valence-corrected chi connectivity index (χ3v) is 4.31. The molecule has 0 atom stereocenters. The van der Waals surface area contributed by atoms with Gasteiger partial charge >= 0.3 is 0 Å². The highest BCUT2D eigenvalue weighted by Crippen LogP contribution is 2.15. The minimum absolute atomic E-state index is 0.164. The van der Waals surface area contributed by atoms with E-state index in [1.165, 1.54) is 11.3 Å². The van der Waals surface area contributed by atoms with Crippen LogP contribution in [-0.4, -0.2) is 25.9 Å². The number of carbonyl (C=O) groups excluding carboxylic acids is 1. The monoisotopic (exact) mass is 335 g/mol. The number of hydrogen-bond acceptors (Lipinski definition) is 5. The minimum atomic E-state index is -0.164. The van der Waals surface area contributed by atoms with E-state index >= 15 is 0 Å². The van der Waals surface area contributed by atoms with Crippen molar-refractivity contribution in [3.8, 4) is 0 Å². The Morgan fingerprint density at radius 2 is 1.96 bits per heavy atom. The highest BCUT2D eigenvalue weighted by Gasteiger charge is 2.08. The number of para-hydroxylation sites is 1. The summed E-state index contributed by atoms with van der Waals surface area (Å²) in [6.07, 6.45) is 1.66. The summed E-state index contributed by atoms with van der Waals surface area (Å²) in [6, 6.07) is 15.3. The fourth-order valence-electron chi connectivity index (χ4n) is 2.42. The number of rotatable bonds is 4. The lowest BCUT2D eigenvalue weighted by Gasteiger charge is -2.05. The van der Waals surface area contributed by atoms with E-state index < -0.39 is 0 Å². The number of aromatic nitrogens is 4. The minimum Gasteiger partial charge on any atom is -0.298 e. The van der Waals surface area contributed by atoms with Gasteiger partial charge in [-0.2, -0.15) is 0 Å². The molecule has 118 valence electrons. The van der Waals surface area contributed by atoms with Gasteiger partial charge in [-0.3, -0.25) is 10.1 Å². The molecule has 4 rings (SSSR count). The van der Waals surface area contributed by atoms with E-state index in [4.69, 9.17) is 0 Å². The quantitative estimate of drug-likeness (QED) is 0.622. The Morgan fingerprint density at radius 3 is 2.75 bits per heavy atom. The van der Waals surface area contributed by atoms with Crippen molar-refractivity contribution in [2.75, 3.05) is 5.32 Å². The Hall–Kier alpha value is -3.06. The summed E-state index contributed by atoms with van der Waals surface area (Å²) < 4.78 is 1.85. The predicted molar refractivity (Wildman–Crippen MR) is 93.1 cm³/mol. The van der Waals surface area contributed by atoms with Crippen molar-refractivity contribution < 1.29 is 4.79 Å². The molecule has 4 aromatic rings. The lowest BCUT2D eigenvalue weighted by atomic mass is 10.1. The first kappa shape index (κ1) is 14.5. The molecule has 0 fully saturated rings. The first-order valence-corrected chi connectivity index (χ1v) is 8.25. The van der Waals surface area contributed by atoms with Gasteiger partial charge in [-0.25, -0.2) is 9.67 Å². The summed E-state index contributed by atoms with van der Waals surface area (Å²) in [5.41, 5.74) is 3.51. The van der Waals surface area contributed by atoms with Crippen LogP contribution < -0.4 is 5.32 Å². The van der Waals surface area contributed by atoms with Gasteiger partial charge in [-0.05, 0) is 29.8 Å². The molecular formula is C17H13N5OS. The van der Waals surface area contributed by atoms with Crippen LogP contribution in [-0.2, 0) is 6.54 Å². The van der Waals surface area contributed by atoms with E-state index in [1.54, 1.807) is 18.3 Å². The van der Waals surface area contributed by atoms with Crippen molar-refractivity contribution in [2.45, 2.75) is 6.54 Å². The lowest BCUT2D eigenvalue weighted by molar-refractivity contribution is 0.102. The number of anilines is 1. The largest absolute Gasteiger partial charge is 0.298 e. The van der Waals surface area contributed by atoms with Crippen molar-refractivity contribution in [2.24, 2.45) is 0 Å². The molecular weight excluding hydrogens is 322 g/mol. The van der Waals surface area contributed by atoms with Crippen LogP contribution in [0.2, 0.25) is 0 Å². The molecule has 2 aromatic heterocycles. The van der Waals surface area contributed by atoms with E-state index in [0.717, 1.165) is 16.6 Å². The average molecular weight is 335 g/mol. The summed E-state index contributed by atoms with van der Waals surface area (Å²) in [5, 5.41) is 13.5. The molecule has 0 spiro atoms. The van der Waals surface area contributed by atoms with Crippen molar-refractivity contribution in [1.82, 2.24) is 20.0 Å². The first-order valence-electron chi connectivity index (χ1n) is 7.37. The molecule has 0 bridgehead atoms. The van der Waals surface area contributed by atoms with Gasteiger partial charge in [0.15, 0.2) is 5.13 Å². The second-order valence-corrected chi connectivity index (χ2v) is 6.12. The molecule has 0 saturated carbocycles. The molecule has 2 heterocycles. The number of nitrogens with zero attached hydrogens (tertiary/aromatic N) is 4. The van der Waals surface area contributed by atoms with Crippen LogP contribution >= 0.6 is 11.3 Å². The summed E-state index contributed by atoms with van der Waals surface area (Å²) in [6.45, 7) is 0.606. The molecule has 2 aromatic carbocycles. The normalized spacial score (nSPS) is 10.8. The van der Waals surface area contributed by atoms with Crippen LogP contribution in [0.3, 0.4) is 0 Å². The molecule has 0 radical (unpaired) electrons. The lowest BCUT2D eigenvalue weighted by Crippen LogP contribution is -2.11. The number of thiazole rings is 1. The Morgan fingerprint density at radius 1 is 1.12 bits per heavy atom. The average Bonchev–Trinajstić information content (AvgIpc) is 3.26. The second-order valence-electron chi connectivity index (χ2n) is 5.22. The summed E-state index contributed by atoms with van der Waals surface area (Å²) in [5.74, 6) is -0.164. The first-order chi connectivity index (χ1) is 11.8.